The molecule has 0 aliphatic carbocycles. The van der Waals surface area contributed by atoms with Crippen molar-refractivity contribution in [3.05, 3.63) is 29.8 Å². The normalized spacial score (nSPS) is 15.6. The van der Waals surface area contributed by atoms with Crippen LogP contribution < -0.4 is 10.1 Å². The second kappa shape index (κ2) is 8.08. The van der Waals surface area contributed by atoms with E-state index in [1.807, 2.05) is 7.05 Å². The number of piperidine rings is 1. The highest BCUT2D eigenvalue weighted by Crippen LogP contribution is 2.18. The van der Waals surface area contributed by atoms with E-state index < -0.39 is 11.6 Å². The molecule has 6 heteroatoms. The predicted octanol–water partition coefficient (Wildman–Crippen LogP) is 2.33. The highest BCUT2D eigenvalue weighted by Gasteiger charge is 2.21. The highest BCUT2D eigenvalue weighted by molar-refractivity contribution is 5.76. The Kier molecular flexibility index (Phi) is 6.12. The molecular weight excluding hydrogens is 290 g/mol. The van der Waals surface area contributed by atoms with E-state index in [2.05, 4.69) is 5.32 Å². The molecule has 1 N–H and O–H groups in total. The molecule has 0 atom stereocenters. The Labute approximate surface area is 129 Å². The maximum Gasteiger partial charge on any atom is 0.222 e. The number of carbonyl (C=O) groups excluding carboxylic acids is 1. The lowest BCUT2D eigenvalue weighted by Crippen LogP contribution is -2.43. The summed E-state index contributed by atoms with van der Waals surface area (Å²) in [6.07, 6.45) is 2.81. The quantitative estimate of drug-likeness (QED) is 0.820. The molecule has 4 nitrogen and oxygen atoms in total. The Hall–Kier alpha value is -1.69. The lowest BCUT2D eigenvalue weighted by molar-refractivity contribution is -0.132. The third-order valence-corrected chi connectivity index (χ3v) is 3.94. The minimum atomic E-state index is -0.724. The third kappa shape index (κ3) is 4.66. The van der Waals surface area contributed by atoms with Gasteiger partial charge >= 0.3 is 0 Å². The number of rotatable bonds is 6. The van der Waals surface area contributed by atoms with Crippen molar-refractivity contribution in [2.75, 3.05) is 26.7 Å². The van der Waals surface area contributed by atoms with Gasteiger partial charge in [-0.15, -0.1) is 0 Å². The zero-order chi connectivity index (χ0) is 15.9. The van der Waals surface area contributed by atoms with Crippen molar-refractivity contribution >= 4 is 5.91 Å². The number of amides is 1. The second-order valence-electron chi connectivity index (χ2n) is 5.51. The molecule has 1 saturated heterocycles. The van der Waals surface area contributed by atoms with Gasteiger partial charge in [0.15, 0.2) is 11.6 Å². The van der Waals surface area contributed by atoms with Crippen molar-refractivity contribution in [2.45, 2.75) is 31.7 Å². The van der Waals surface area contributed by atoms with Gasteiger partial charge in [0.2, 0.25) is 5.91 Å². The molecule has 0 radical (unpaired) electrons. The number of nitrogens with one attached hydrogen (secondary N) is 1. The van der Waals surface area contributed by atoms with E-state index in [1.165, 1.54) is 6.07 Å². The minimum Gasteiger partial charge on any atom is -0.491 e. The van der Waals surface area contributed by atoms with Gasteiger partial charge in [-0.05, 0) is 44.5 Å². The van der Waals surface area contributed by atoms with Gasteiger partial charge < -0.3 is 15.0 Å². The van der Waals surface area contributed by atoms with E-state index in [0.29, 0.717) is 18.9 Å². The summed E-state index contributed by atoms with van der Waals surface area (Å²) in [7, 11) is 1.83. The molecular formula is C16H22F2N2O2. The molecule has 1 aliphatic rings. The van der Waals surface area contributed by atoms with Crippen LogP contribution in [0.4, 0.5) is 8.78 Å². The third-order valence-electron chi connectivity index (χ3n) is 3.94. The van der Waals surface area contributed by atoms with Gasteiger partial charge in [-0.3, -0.25) is 4.79 Å². The zero-order valence-corrected chi connectivity index (χ0v) is 12.8. The summed E-state index contributed by atoms with van der Waals surface area (Å²) in [5, 5.41) is 3.27. The molecule has 0 saturated carbocycles. The summed E-state index contributed by atoms with van der Waals surface area (Å²) in [4.78, 5) is 13.9. The summed E-state index contributed by atoms with van der Waals surface area (Å²) >= 11 is 0. The molecule has 1 amide bonds. The van der Waals surface area contributed by atoms with E-state index in [9.17, 15) is 13.6 Å². The smallest absolute Gasteiger partial charge is 0.222 e. The minimum absolute atomic E-state index is 0.0144. The van der Waals surface area contributed by atoms with Gasteiger partial charge in [0.1, 0.15) is 5.82 Å². The fourth-order valence-corrected chi connectivity index (χ4v) is 2.57. The van der Waals surface area contributed by atoms with E-state index >= 15 is 0 Å². The molecule has 0 unspecified atom stereocenters. The van der Waals surface area contributed by atoms with E-state index in [0.717, 1.165) is 38.1 Å². The maximum absolute atomic E-state index is 13.4. The lowest BCUT2D eigenvalue weighted by Gasteiger charge is -2.31. The predicted molar refractivity (Wildman–Crippen MR) is 79.7 cm³/mol. The Bertz CT molecular complexity index is 505. The number of hydrogen-bond donors (Lipinski definition) is 1. The Balaban J connectivity index is 1.70. The van der Waals surface area contributed by atoms with Gasteiger partial charge in [0.25, 0.3) is 0 Å². The summed E-state index contributed by atoms with van der Waals surface area (Å²) in [5.41, 5.74) is 0. The number of ether oxygens (including phenoxy) is 1. The van der Waals surface area contributed by atoms with Crippen molar-refractivity contribution in [2.24, 2.45) is 0 Å². The Morgan fingerprint density at radius 2 is 2.09 bits per heavy atom. The molecule has 1 aromatic carbocycles. The van der Waals surface area contributed by atoms with Crippen molar-refractivity contribution in [3.8, 4) is 5.75 Å². The number of nitrogens with zero attached hydrogens (tertiary/aromatic N) is 1. The van der Waals surface area contributed by atoms with Crippen LogP contribution in [-0.2, 0) is 4.79 Å². The molecule has 1 aliphatic heterocycles. The number of halogens is 2. The summed E-state index contributed by atoms with van der Waals surface area (Å²) < 4.78 is 31.4. The van der Waals surface area contributed by atoms with Gasteiger partial charge in [-0.1, -0.05) is 0 Å². The van der Waals surface area contributed by atoms with Crippen LogP contribution in [0.25, 0.3) is 0 Å². The molecule has 1 aromatic rings. The molecule has 0 aromatic heterocycles. The van der Waals surface area contributed by atoms with Gasteiger partial charge in [-0.2, -0.15) is 0 Å². The molecule has 122 valence electrons. The number of hydrogen-bond acceptors (Lipinski definition) is 3. The SMILES string of the molecule is CN(C(=O)CCCOc1ccc(F)cc1F)C1CCNCC1. The van der Waals surface area contributed by atoms with Crippen LogP contribution in [0, 0.1) is 11.6 Å². The maximum atomic E-state index is 13.4. The van der Waals surface area contributed by atoms with E-state index in [-0.39, 0.29) is 18.3 Å². The lowest BCUT2D eigenvalue weighted by atomic mass is 10.0. The summed E-state index contributed by atoms with van der Waals surface area (Å²) in [6.45, 7) is 2.11. The van der Waals surface area contributed by atoms with Crippen LogP contribution in [0.15, 0.2) is 18.2 Å². The van der Waals surface area contributed by atoms with Gasteiger partial charge in [-0.25, -0.2) is 8.78 Å². The van der Waals surface area contributed by atoms with Crippen LogP contribution >= 0.6 is 0 Å². The second-order valence-corrected chi connectivity index (χ2v) is 5.51. The van der Waals surface area contributed by atoms with Crippen LogP contribution in [0.2, 0.25) is 0 Å². The van der Waals surface area contributed by atoms with Crippen LogP contribution in [0.5, 0.6) is 5.75 Å². The highest BCUT2D eigenvalue weighted by atomic mass is 19.1. The van der Waals surface area contributed by atoms with Gasteiger partial charge in [0.05, 0.1) is 6.61 Å². The molecule has 1 heterocycles. The number of carbonyl (C=O) groups is 1. The Morgan fingerprint density at radius 1 is 1.36 bits per heavy atom. The first-order chi connectivity index (χ1) is 10.6. The first-order valence-electron chi connectivity index (χ1n) is 7.62. The molecule has 1 fully saturated rings. The molecule has 0 spiro atoms. The van der Waals surface area contributed by atoms with Crippen molar-refractivity contribution in [1.82, 2.24) is 10.2 Å². The van der Waals surface area contributed by atoms with Crippen molar-refractivity contribution in [3.63, 3.8) is 0 Å². The first-order valence-corrected chi connectivity index (χ1v) is 7.62. The summed E-state index contributed by atoms with van der Waals surface area (Å²) in [6, 6.07) is 3.48. The monoisotopic (exact) mass is 312 g/mol. The van der Waals surface area contributed by atoms with Crippen molar-refractivity contribution in [1.29, 1.82) is 0 Å². The number of benzene rings is 1. The first kappa shape index (κ1) is 16.7. The average Bonchev–Trinajstić information content (AvgIpc) is 2.53. The summed E-state index contributed by atoms with van der Waals surface area (Å²) in [5.74, 6) is -1.27. The largest absolute Gasteiger partial charge is 0.491 e. The van der Waals surface area contributed by atoms with Crippen LogP contribution in [-0.4, -0.2) is 43.6 Å². The molecule has 2 rings (SSSR count). The standard InChI is InChI=1S/C16H22F2N2O2/c1-20(13-6-8-19-9-7-13)16(21)3-2-10-22-15-5-4-12(17)11-14(15)18/h4-5,11,13,19H,2-3,6-10H2,1H3. The topological polar surface area (TPSA) is 41.6 Å². The average molecular weight is 312 g/mol. The van der Waals surface area contributed by atoms with Gasteiger partial charge in [0, 0.05) is 25.6 Å². The van der Waals surface area contributed by atoms with Crippen molar-refractivity contribution < 1.29 is 18.3 Å². The van der Waals surface area contributed by atoms with Crippen LogP contribution in [0.1, 0.15) is 25.7 Å². The molecule has 22 heavy (non-hydrogen) atoms. The van der Waals surface area contributed by atoms with E-state index in [4.69, 9.17) is 4.74 Å². The fourth-order valence-electron chi connectivity index (χ4n) is 2.57. The van der Waals surface area contributed by atoms with Crippen LogP contribution in [0.3, 0.4) is 0 Å². The Morgan fingerprint density at radius 3 is 2.77 bits per heavy atom. The molecule has 0 bridgehead atoms. The fraction of sp³-hybridized carbons (Fsp3) is 0.562. The van der Waals surface area contributed by atoms with E-state index in [1.54, 1.807) is 4.90 Å². The zero-order valence-electron chi connectivity index (χ0n) is 12.8.